The summed E-state index contributed by atoms with van der Waals surface area (Å²) in [5.74, 6) is 2.82. The molecule has 29 heavy (non-hydrogen) atoms. The number of hydrogen-bond donors (Lipinski definition) is 0. The predicted octanol–water partition coefficient (Wildman–Crippen LogP) is 3.98. The molecule has 1 aromatic heterocycles. The summed E-state index contributed by atoms with van der Waals surface area (Å²) in [4.78, 5) is 7.00. The molecule has 1 heterocycles. The molecule has 6 nitrogen and oxygen atoms in total. The van der Waals surface area contributed by atoms with Crippen LogP contribution in [0.5, 0.6) is 17.2 Å². The summed E-state index contributed by atoms with van der Waals surface area (Å²) in [7, 11) is 9.03. The first-order chi connectivity index (χ1) is 14.0. The van der Waals surface area contributed by atoms with Crippen LogP contribution in [0, 0.1) is 0 Å². The minimum atomic E-state index is 0.652. The van der Waals surface area contributed by atoms with Gasteiger partial charge in [-0.05, 0) is 63.5 Å². The van der Waals surface area contributed by atoms with E-state index in [1.165, 1.54) is 0 Å². The van der Waals surface area contributed by atoms with Crippen LogP contribution in [0.4, 0.5) is 0 Å². The van der Waals surface area contributed by atoms with Crippen LogP contribution in [-0.4, -0.2) is 53.4 Å². The Balaban J connectivity index is 2.10. The average molecular weight is 396 g/mol. The van der Waals surface area contributed by atoms with Gasteiger partial charge in [0.1, 0.15) is 17.1 Å². The summed E-state index contributed by atoms with van der Waals surface area (Å²) in [6.45, 7) is 1.73. The van der Waals surface area contributed by atoms with E-state index in [1.54, 1.807) is 21.3 Å². The van der Waals surface area contributed by atoms with Gasteiger partial charge in [-0.3, -0.25) is 4.99 Å². The van der Waals surface area contributed by atoms with Crippen LogP contribution in [0.1, 0.15) is 6.42 Å². The van der Waals surface area contributed by atoms with Crippen LogP contribution in [0.25, 0.3) is 22.3 Å². The van der Waals surface area contributed by atoms with Crippen LogP contribution in [0.15, 0.2) is 51.9 Å². The minimum Gasteiger partial charge on any atom is -0.497 e. The fourth-order valence-electron chi connectivity index (χ4n) is 3.12. The molecular formula is C23H28N2O4. The maximum absolute atomic E-state index is 6.19. The predicted molar refractivity (Wildman–Crippen MR) is 115 cm³/mol. The number of rotatable bonds is 8. The van der Waals surface area contributed by atoms with Gasteiger partial charge in [-0.1, -0.05) is 0 Å². The summed E-state index contributed by atoms with van der Waals surface area (Å²) < 4.78 is 22.3. The number of benzene rings is 2. The van der Waals surface area contributed by atoms with E-state index in [-0.39, 0.29) is 0 Å². The highest BCUT2D eigenvalue weighted by Crippen LogP contribution is 2.33. The Bertz CT molecular complexity index is 1040. The van der Waals surface area contributed by atoms with E-state index < -0.39 is 0 Å². The van der Waals surface area contributed by atoms with Crippen molar-refractivity contribution in [1.29, 1.82) is 0 Å². The number of hydrogen-bond acceptors (Lipinski definition) is 6. The van der Waals surface area contributed by atoms with Crippen LogP contribution in [-0.2, 0) is 0 Å². The quantitative estimate of drug-likeness (QED) is 0.539. The van der Waals surface area contributed by atoms with Gasteiger partial charge < -0.3 is 23.5 Å². The first-order valence-electron chi connectivity index (χ1n) is 9.55. The van der Waals surface area contributed by atoms with E-state index in [0.717, 1.165) is 52.9 Å². The summed E-state index contributed by atoms with van der Waals surface area (Å²) in [5, 5.41) is 1.81. The fraction of sp³-hybridized carbons (Fsp3) is 0.348. The molecule has 0 aliphatic rings. The molecule has 0 bridgehead atoms. The van der Waals surface area contributed by atoms with E-state index in [9.17, 15) is 0 Å². The van der Waals surface area contributed by atoms with Gasteiger partial charge in [-0.2, -0.15) is 0 Å². The van der Waals surface area contributed by atoms with Crippen LogP contribution >= 0.6 is 0 Å². The maximum Gasteiger partial charge on any atom is 0.161 e. The molecule has 0 atom stereocenters. The van der Waals surface area contributed by atoms with E-state index in [4.69, 9.17) is 23.6 Å². The lowest BCUT2D eigenvalue weighted by atomic mass is 10.1. The first kappa shape index (κ1) is 20.7. The largest absolute Gasteiger partial charge is 0.497 e. The van der Waals surface area contributed by atoms with Gasteiger partial charge in [0.15, 0.2) is 11.5 Å². The first-order valence-corrected chi connectivity index (χ1v) is 9.55. The van der Waals surface area contributed by atoms with Crippen molar-refractivity contribution in [2.45, 2.75) is 6.42 Å². The zero-order valence-electron chi connectivity index (χ0n) is 17.7. The van der Waals surface area contributed by atoms with Gasteiger partial charge in [0.2, 0.25) is 0 Å². The zero-order chi connectivity index (χ0) is 20.8. The Morgan fingerprint density at radius 1 is 0.897 bits per heavy atom. The molecule has 0 fully saturated rings. The van der Waals surface area contributed by atoms with E-state index in [1.807, 2.05) is 42.5 Å². The van der Waals surface area contributed by atoms with Crippen LogP contribution in [0.3, 0.4) is 0 Å². The lowest BCUT2D eigenvalue weighted by Crippen LogP contribution is -2.14. The molecule has 0 radical (unpaired) electrons. The standard InChI is InChI=1S/C23H28N2O4/c1-25(2)12-6-11-24-19-15-22(16-7-9-21(27-4)23(13-16)28-5)29-20-10-8-17(26-3)14-18(19)20/h7-10,13-15H,6,11-12H2,1-5H3. The molecule has 0 aliphatic carbocycles. The van der Waals surface area contributed by atoms with Crippen molar-refractivity contribution in [2.75, 3.05) is 48.5 Å². The van der Waals surface area contributed by atoms with Gasteiger partial charge in [0, 0.05) is 23.6 Å². The molecule has 6 heteroatoms. The van der Waals surface area contributed by atoms with Crippen molar-refractivity contribution in [3.05, 3.63) is 47.8 Å². The van der Waals surface area contributed by atoms with E-state index in [0.29, 0.717) is 11.5 Å². The Labute approximate surface area is 171 Å². The Kier molecular flexibility index (Phi) is 6.77. The molecule has 0 unspecified atom stereocenters. The second kappa shape index (κ2) is 9.47. The molecular weight excluding hydrogens is 368 g/mol. The van der Waals surface area contributed by atoms with Gasteiger partial charge in [0.05, 0.1) is 26.7 Å². The molecule has 0 saturated heterocycles. The van der Waals surface area contributed by atoms with Crippen molar-refractivity contribution >= 4 is 11.0 Å². The zero-order valence-corrected chi connectivity index (χ0v) is 17.7. The molecule has 0 N–H and O–H groups in total. The van der Waals surface area contributed by atoms with Crippen molar-refractivity contribution in [3.63, 3.8) is 0 Å². The van der Waals surface area contributed by atoms with Crippen LogP contribution in [0.2, 0.25) is 0 Å². The highest BCUT2D eigenvalue weighted by molar-refractivity contribution is 5.80. The molecule has 0 saturated carbocycles. The number of nitrogens with zero attached hydrogens (tertiary/aromatic N) is 2. The van der Waals surface area contributed by atoms with Crippen molar-refractivity contribution in [3.8, 4) is 28.6 Å². The number of ether oxygens (including phenoxy) is 3. The van der Waals surface area contributed by atoms with Crippen molar-refractivity contribution in [2.24, 2.45) is 4.99 Å². The third-order valence-electron chi connectivity index (χ3n) is 4.66. The molecule has 154 valence electrons. The van der Waals surface area contributed by atoms with Gasteiger partial charge in [0.25, 0.3) is 0 Å². The Morgan fingerprint density at radius 2 is 1.69 bits per heavy atom. The average Bonchev–Trinajstić information content (AvgIpc) is 2.75. The van der Waals surface area contributed by atoms with Gasteiger partial charge in [-0.25, -0.2) is 0 Å². The van der Waals surface area contributed by atoms with Crippen LogP contribution < -0.4 is 19.6 Å². The lowest BCUT2D eigenvalue weighted by Gasteiger charge is -2.11. The Morgan fingerprint density at radius 3 is 2.38 bits per heavy atom. The van der Waals surface area contributed by atoms with Gasteiger partial charge in [-0.15, -0.1) is 0 Å². The molecule has 0 amide bonds. The van der Waals surface area contributed by atoms with E-state index >= 15 is 0 Å². The topological polar surface area (TPSA) is 56.4 Å². The number of methoxy groups -OCH3 is 3. The summed E-state index contributed by atoms with van der Waals surface area (Å²) in [6.07, 6.45) is 0.982. The lowest BCUT2D eigenvalue weighted by molar-refractivity contribution is 0.355. The molecule has 3 aromatic rings. The van der Waals surface area contributed by atoms with Crippen molar-refractivity contribution < 1.29 is 18.6 Å². The van der Waals surface area contributed by atoms with Gasteiger partial charge >= 0.3 is 0 Å². The maximum atomic E-state index is 6.19. The summed E-state index contributed by atoms with van der Waals surface area (Å²) in [5.41, 5.74) is 1.65. The number of fused-ring (bicyclic) bond motifs is 1. The summed E-state index contributed by atoms with van der Waals surface area (Å²) in [6, 6.07) is 13.5. The highest BCUT2D eigenvalue weighted by Gasteiger charge is 2.11. The normalized spacial score (nSPS) is 11.9. The van der Waals surface area contributed by atoms with Crippen molar-refractivity contribution in [1.82, 2.24) is 4.90 Å². The molecule has 0 aliphatic heterocycles. The SMILES string of the molecule is COc1ccc2oc(-c3ccc(OC)c(OC)c3)cc(=NCCCN(C)C)c2c1. The second-order valence-corrected chi connectivity index (χ2v) is 6.97. The molecule has 3 rings (SSSR count). The monoisotopic (exact) mass is 396 g/mol. The molecule has 0 spiro atoms. The third kappa shape index (κ3) is 4.90. The minimum absolute atomic E-state index is 0.652. The Hall–Kier alpha value is -2.99. The van der Waals surface area contributed by atoms with E-state index in [2.05, 4.69) is 19.0 Å². The third-order valence-corrected chi connectivity index (χ3v) is 4.66. The second-order valence-electron chi connectivity index (χ2n) is 6.97. The smallest absolute Gasteiger partial charge is 0.161 e. The summed E-state index contributed by atoms with van der Waals surface area (Å²) >= 11 is 0. The fourth-order valence-corrected chi connectivity index (χ4v) is 3.12. The molecule has 2 aromatic carbocycles. The highest BCUT2D eigenvalue weighted by atomic mass is 16.5.